The Morgan fingerprint density at radius 3 is 2.45 bits per heavy atom. The lowest BCUT2D eigenvalue weighted by atomic mass is 9.87. The first-order chi connectivity index (χ1) is 13.8. The SMILES string of the molecule is Cc1nccn1-c1ccccc1CNC(=O)[C@H](C)Oc1ccc(C(C)(C)C)cc1. The third kappa shape index (κ3) is 5.05. The summed E-state index contributed by atoms with van der Waals surface area (Å²) in [6.07, 6.45) is 3.10. The minimum Gasteiger partial charge on any atom is -0.481 e. The lowest BCUT2D eigenvalue weighted by molar-refractivity contribution is -0.127. The van der Waals surface area contributed by atoms with Crippen molar-refractivity contribution in [2.24, 2.45) is 0 Å². The van der Waals surface area contributed by atoms with Crippen LogP contribution in [-0.2, 0) is 16.8 Å². The van der Waals surface area contributed by atoms with Gasteiger partial charge in [-0.1, -0.05) is 51.1 Å². The van der Waals surface area contributed by atoms with Crippen molar-refractivity contribution in [2.45, 2.75) is 52.7 Å². The lowest BCUT2D eigenvalue weighted by Crippen LogP contribution is -2.36. The molecule has 0 bridgehead atoms. The molecule has 0 unspecified atom stereocenters. The number of benzene rings is 2. The molecule has 0 spiro atoms. The Kier molecular flexibility index (Phi) is 6.06. The van der Waals surface area contributed by atoms with Crippen molar-refractivity contribution in [3.8, 4) is 11.4 Å². The largest absolute Gasteiger partial charge is 0.481 e. The molecule has 1 N–H and O–H groups in total. The Morgan fingerprint density at radius 1 is 1.14 bits per heavy atom. The summed E-state index contributed by atoms with van der Waals surface area (Å²) < 4.78 is 7.84. The van der Waals surface area contributed by atoms with Gasteiger partial charge in [0.15, 0.2) is 6.10 Å². The summed E-state index contributed by atoms with van der Waals surface area (Å²) in [5, 5.41) is 2.98. The van der Waals surface area contributed by atoms with Crippen molar-refractivity contribution in [3.63, 3.8) is 0 Å². The number of aryl methyl sites for hydroxylation is 1. The van der Waals surface area contributed by atoms with E-state index in [9.17, 15) is 4.79 Å². The normalized spacial score (nSPS) is 12.4. The molecule has 152 valence electrons. The first-order valence-electron chi connectivity index (χ1n) is 9.89. The van der Waals surface area contributed by atoms with Crippen molar-refractivity contribution in [1.82, 2.24) is 14.9 Å². The molecule has 1 amide bonds. The molecule has 1 aromatic heterocycles. The van der Waals surface area contributed by atoms with Crippen LogP contribution in [0, 0.1) is 6.92 Å². The van der Waals surface area contributed by atoms with Gasteiger partial charge in [-0.05, 0) is 48.6 Å². The molecule has 2 aromatic carbocycles. The average molecular weight is 392 g/mol. The second-order valence-corrected chi connectivity index (χ2v) is 8.23. The smallest absolute Gasteiger partial charge is 0.261 e. The van der Waals surface area contributed by atoms with Crippen molar-refractivity contribution in [2.75, 3.05) is 0 Å². The summed E-state index contributed by atoms with van der Waals surface area (Å²) in [5.41, 5.74) is 3.34. The molecule has 5 heteroatoms. The number of amides is 1. The zero-order valence-corrected chi connectivity index (χ0v) is 17.8. The van der Waals surface area contributed by atoms with E-state index in [4.69, 9.17) is 4.74 Å². The van der Waals surface area contributed by atoms with Crippen LogP contribution in [0.5, 0.6) is 5.75 Å². The minimum absolute atomic E-state index is 0.0858. The van der Waals surface area contributed by atoms with Gasteiger partial charge in [-0.3, -0.25) is 4.79 Å². The van der Waals surface area contributed by atoms with E-state index in [2.05, 4.69) is 31.1 Å². The number of hydrogen-bond donors (Lipinski definition) is 1. The minimum atomic E-state index is -0.586. The standard InChI is InChI=1S/C24H29N3O2/c1-17(29-21-12-10-20(11-13-21)24(3,4)5)23(28)26-16-19-8-6-7-9-22(19)27-15-14-25-18(27)2/h6-15,17H,16H2,1-5H3,(H,26,28)/t17-/m0/s1. The molecule has 3 aromatic rings. The quantitative estimate of drug-likeness (QED) is 0.670. The topological polar surface area (TPSA) is 56.2 Å². The highest BCUT2D eigenvalue weighted by molar-refractivity contribution is 5.80. The number of imidazole rings is 1. The highest BCUT2D eigenvalue weighted by Crippen LogP contribution is 2.24. The van der Waals surface area contributed by atoms with Gasteiger partial charge in [-0.25, -0.2) is 4.98 Å². The highest BCUT2D eigenvalue weighted by atomic mass is 16.5. The van der Waals surface area contributed by atoms with Crippen LogP contribution in [0.3, 0.4) is 0 Å². The maximum atomic E-state index is 12.6. The Morgan fingerprint density at radius 2 is 1.83 bits per heavy atom. The van der Waals surface area contributed by atoms with Crippen molar-refractivity contribution in [1.29, 1.82) is 0 Å². The number of carbonyl (C=O) groups excluding carboxylic acids is 1. The van der Waals surface area contributed by atoms with Crippen LogP contribution in [0.15, 0.2) is 60.9 Å². The van der Waals surface area contributed by atoms with Gasteiger partial charge >= 0.3 is 0 Å². The summed E-state index contributed by atoms with van der Waals surface area (Å²) in [6.45, 7) is 10.6. The molecule has 0 aliphatic rings. The van der Waals surface area contributed by atoms with E-state index in [1.807, 2.05) is 66.2 Å². The zero-order chi connectivity index (χ0) is 21.0. The summed E-state index contributed by atoms with van der Waals surface area (Å²) in [5.74, 6) is 1.44. The number of carbonyl (C=O) groups is 1. The Balaban J connectivity index is 1.62. The van der Waals surface area contributed by atoms with E-state index >= 15 is 0 Å². The monoisotopic (exact) mass is 391 g/mol. The Hall–Kier alpha value is -3.08. The first-order valence-corrected chi connectivity index (χ1v) is 9.89. The van der Waals surface area contributed by atoms with E-state index in [1.165, 1.54) is 5.56 Å². The number of nitrogens with zero attached hydrogens (tertiary/aromatic N) is 2. The van der Waals surface area contributed by atoms with Crippen molar-refractivity contribution in [3.05, 3.63) is 77.9 Å². The van der Waals surface area contributed by atoms with Gasteiger partial charge < -0.3 is 14.6 Å². The van der Waals surface area contributed by atoms with Crippen molar-refractivity contribution < 1.29 is 9.53 Å². The molecule has 0 radical (unpaired) electrons. The van der Waals surface area contributed by atoms with Crippen LogP contribution < -0.4 is 10.1 Å². The van der Waals surface area contributed by atoms with E-state index < -0.39 is 6.10 Å². The number of nitrogens with one attached hydrogen (secondary N) is 1. The van der Waals surface area contributed by atoms with Gasteiger partial charge in [-0.2, -0.15) is 0 Å². The fourth-order valence-electron chi connectivity index (χ4n) is 3.15. The number of ether oxygens (including phenoxy) is 1. The van der Waals surface area contributed by atoms with Crippen LogP contribution >= 0.6 is 0 Å². The molecular weight excluding hydrogens is 362 g/mol. The lowest BCUT2D eigenvalue weighted by Gasteiger charge is -2.20. The summed E-state index contributed by atoms with van der Waals surface area (Å²) in [6, 6.07) is 15.9. The summed E-state index contributed by atoms with van der Waals surface area (Å²) in [7, 11) is 0. The van der Waals surface area contributed by atoms with Gasteiger partial charge in [0.2, 0.25) is 0 Å². The van der Waals surface area contributed by atoms with Gasteiger partial charge in [0.05, 0.1) is 5.69 Å². The third-order valence-electron chi connectivity index (χ3n) is 4.93. The van der Waals surface area contributed by atoms with E-state index in [1.54, 1.807) is 13.1 Å². The number of aromatic nitrogens is 2. The Bertz CT molecular complexity index is 968. The predicted molar refractivity (Wildman–Crippen MR) is 115 cm³/mol. The van der Waals surface area contributed by atoms with Crippen LogP contribution in [0.4, 0.5) is 0 Å². The van der Waals surface area contributed by atoms with Crippen molar-refractivity contribution >= 4 is 5.91 Å². The van der Waals surface area contributed by atoms with Crippen LogP contribution in [0.2, 0.25) is 0 Å². The zero-order valence-electron chi connectivity index (χ0n) is 17.8. The molecule has 0 saturated heterocycles. The molecule has 5 nitrogen and oxygen atoms in total. The molecule has 29 heavy (non-hydrogen) atoms. The van der Waals surface area contributed by atoms with Crippen LogP contribution in [-0.4, -0.2) is 21.6 Å². The predicted octanol–water partition coefficient (Wildman–Crippen LogP) is 4.56. The van der Waals surface area contributed by atoms with Gasteiger partial charge in [0.25, 0.3) is 5.91 Å². The number of rotatable bonds is 6. The van der Waals surface area contributed by atoms with Gasteiger partial charge in [-0.15, -0.1) is 0 Å². The summed E-state index contributed by atoms with van der Waals surface area (Å²) in [4.78, 5) is 16.8. The fourth-order valence-corrected chi connectivity index (χ4v) is 3.15. The average Bonchev–Trinajstić information content (AvgIpc) is 3.11. The molecule has 3 rings (SSSR count). The molecule has 0 fully saturated rings. The maximum absolute atomic E-state index is 12.6. The first kappa shape index (κ1) is 20.6. The molecular formula is C24H29N3O2. The van der Waals surface area contributed by atoms with Gasteiger partial charge in [0, 0.05) is 18.9 Å². The third-order valence-corrected chi connectivity index (χ3v) is 4.93. The van der Waals surface area contributed by atoms with E-state index in [-0.39, 0.29) is 11.3 Å². The van der Waals surface area contributed by atoms with Crippen LogP contribution in [0.1, 0.15) is 44.6 Å². The van der Waals surface area contributed by atoms with E-state index in [0.29, 0.717) is 12.3 Å². The maximum Gasteiger partial charge on any atom is 0.261 e. The Labute approximate surface area is 172 Å². The second-order valence-electron chi connectivity index (χ2n) is 8.23. The molecule has 0 saturated carbocycles. The molecule has 1 atom stereocenters. The molecule has 0 aliphatic heterocycles. The number of para-hydroxylation sites is 1. The molecule has 1 heterocycles. The second kappa shape index (κ2) is 8.52. The molecule has 0 aliphatic carbocycles. The fraction of sp³-hybridized carbons (Fsp3) is 0.333. The highest BCUT2D eigenvalue weighted by Gasteiger charge is 2.17. The van der Waals surface area contributed by atoms with Crippen LogP contribution in [0.25, 0.3) is 5.69 Å². The van der Waals surface area contributed by atoms with Gasteiger partial charge in [0.1, 0.15) is 11.6 Å². The summed E-state index contributed by atoms with van der Waals surface area (Å²) >= 11 is 0. The number of hydrogen-bond acceptors (Lipinski definition) is 3. The van der Waals surface area contributed by atoms with E-state index in [0.717, 1.165) is 17.1 Å².